The summed E-state index contributed by atoms with van der Waals surface area (Å²) in [7, 11) is 1.63. The number of nitrogens with two attached hydrogens (primary N) is 1. The van der Waals surface area contributed by atoms with E-state index in [4.69, 9.17) is 15.7 Å². The third-order valence-electron chi connectivity index (χ3n) is 2.31. The lowest BCUT2D eigenvalue weighted by molar-refractivity contribution is 0.205. The van der Waals surface area contributed by atoms with E-state index < -0.39 is 6.10 Å². The van der Waals surface area contributed by atoms with Crippen LogP contribution in [0.15, 0.2) is 29.4 Å². The van der Waals surface area contributed by atoms with Crippen molar-refractivity contribution in [2.45, 2.75) is 18.3 Å². The van der Waals surface area contributed by atoms with Gasteiger partial charge in [0.15, 0.2) is 0 Å². The zero-order valence-electron chi connectivity index (χ0n) is 10.2. The topological polar surface area (TPSA) is 88.1 Å². The minimum absolute atomic E-state index is 0.0487. The number of aliphatic hydroxyl groups is 1. The van der Waals surface area contributed by atoms with E-state index in [1.165, 1.54) is 0 Å². The number of oxime groups is 1. The summed E-state index contributed by atoms with van der Waals surface area (Å²) in [4.78, 5) is 0. The van der Waals surface area contributed by atoms with E-state index in [1.807, 2.05) is 24.3 Å². The van der Waals surface area contributed by atoms with Crippen LogP contribution in [-0.2, 0) is 5.75 Å². The zero-order valence-corrected chi connectivity index (χ0v) is 11.1. The Morgan fingerprint density at radius 2 is 2.11 bits per heavy atom. The predicted octanol–water partition coefficient (Wildman–Crippen LogP) is 1.43. The summed E-state index contributed by atoms with van der Waals surface area (Å²) in [5.41, 5.74) is 6.47. The van der Waals surface area contributed by atoms with Crippen LogP contribution in [0.1, 0.15) is 12.0 Å². The van der Waals surface area contributed by atoms with Gasteiger partial charge in [0.25, 0.3) is 0 Å². The predicted molar refractivity (Wildman–Crippen MR) is 73.2 cm³/mol. The quantitative estimate of drug-likeness (QED) is 0.302. The van der Waals surface area contributed by atoms with Crippen molar-refractivity contribution in [2.75, 3.05) is 12.9 Å². The highest BCUT2D eigenvalue weighted by atomic mass is 32.2. The number of aliphatic hydroxyl groups excluding tert-OH is 1. The smallest absolute Gasteiger partial charge is 0.141 e. The van der Waals surface area contributed by atoms with Gasteiger partial charge in [0.1, 0.15) is 11.6 Å². The van der Waals surface area contributed by atoms with Crippen LogP contribution < -0.4 is 10.5 Å². The molecular weight excluding hydrogens is 252 g/mol. The van der Waals surface area contributed by atoms with E-state index in [1.54, 1.807) is 18.9 Å². The SMILES string of the molecule is COc1ccc(CSCC(O)CC(N)=NO)cc1. The average Bonchev–Trinajstić information content (AvgIpc) is 2.39. The number of methoxy groups -OCH3 is 1. The minimum Gasteiger partial charge on any atom is -0.497 e. The summed E-state index contributed by atoms with van der Waals surface area (Å²) < 4.78 is 5.07. The van der Waals surface area contributed by atoms with Crippen LogP contribution in [0.4, 0.5) is 0 Å². The molecule has 0 radical (unpaired) electrons. The van der Waals surface area contributed by atoms with Crippen molar-refractivity contribution in [3.63, 3.8) is 0 Å². The molecule has 0 aliphatic rings. The summed E-state index contributed by atoms with van der Waals surface area (Å²) in [6, 6.07) is 7.79. The molecule has 1 rings (SSSR count). The number of hydrogen-bond donors (Lipinski definition) is 3. The monoisotopic (exact) mass is 270 g/mol. The molecule has 18 heavy (non-hydrogen) atoms. The summed E-state index contributed by atoms with van der Waals surface area (Å²) in [5.74, 6) is 2.22. The van der Waals surface area contributed by atoms with Gasteiger partial charge in [-0.1, -0.05) is 17.3 Å². The normalized spacial score (nSPS) is 13.3. The molecule has 5 nitrogen and oxygen atoms in total. The standard InChI is InChI=1S/C12H18N2O3S/c1-17-11-4-2-9(3-5-11)7-18-8-10(15)6-12(13)14-16/h2-5,10,15-16H,6-8H2,1H3,(H2,13,14). The Hall–Kier alpha value is -1.40. The van der Waals surface area contributed by atoms with Gasteiger partial charge in [-0.3, -0.25) is 0 Å². The molecule has 1 atom stereocenters. The third-order valence-corrected chi connectivity index (χ3v) is 3.47. The molecule has 1 aromatic carbocycles. The van der Waals surface area contributed by atoms with Crippen molar-refractivity contribution >= 4 is 17.6 Å². The first kappa shape index (κ1) is 14.7. The number of benzene rings is 1. The highest BCUT2D eigenvalue weighted by molar-refractivity contribution is 7.98. The van der Waals surface area contributed by atoms with Gasteiger partial charge in [-0.15, -0.1) is 0 Å². The summed E-state index contributed by atoms with van der Waals surface area (Å²) in [6.07, 6.45) is -0.407. The Kier molecular flexibility index (Phi) is 6.38. The van der Waals surface area contributed by atoms with Crippen molar-refractivity contribution in [3.05, 3.63) is 29.8 Å². The summed E-state index contributed by atoms with van der Waals surface area (Å²) in [5, 5.41) is 20.8. The largest absolute Gasteiger partial charge is 0.497 e. The maximum absolute atomic E-state index is 9.60. The number of hydrogen-bond acceptors (Lipinski definition) is 5. The average molecular weight is 270 g/mol. The Morgan fingerprint density at radius 1 is 1.44 bits per heavy atom. The lowest BCUT2D eigenvalue weighted by Gasteiger charge is -2.09. The molecule has 0 aliphatic heterocycles. The lowest BCUT2D eigenvalue weighted by atomic mass is 10.2. The van der Waals surface area contributed by atoms with E-state index in [9.17, 15) is 5.11 Å². The molecule has 0 saturated heterocycles. The first-order valence-corrected chi connectivity index (χ1v) is 6.66. The van der Waals surface area contributed by atoms with E-state index in [0.717, 1.165) is 17.1 Å². The third kappa shape index (κ3) is 5.29. The Morgan fingerprint density at radius 3 is 2.67 bits per heavy atom. The summed E-state index contributed by atoms with van der Waals surface area (Å²) >= 11 is 1.60. The molecule has 100 valence electrons. The number of nitrogens with zero attached hydrogens (tertiary/aromatic N) is 1. The minimum atomic E-state index is -0.593. The maximum Gasteiger partial charge on any atom is 0.141 e. The lowest BCUT2D eigenvalue weighted by Crippen LogP contribution is -2.22. The van der Waals surface area contributed by atoms with Crippen LogP contribution >= 0.6 is 11.8 Å². The van der Waals surface area contributed by atoms with Gasteiger partial charge in [-0.05, 0) is 17.7 Å². The Bertz CT molecular complexity index is 381. The van der Waals surface area contributed by atoms with Crippen LogP contribution in [0.25, 0.3) is 0 Å². The molecule has 0 aromatic heterocycles. The van der Waals surface area contributed by atoms with Crippen molar-refractivity contribution in [1.29, 1.82) is 0 Å². The van der Waals surface area contributed by atoms with Gasteiger partial charge in [0, 0.05) is 17.9 Å². The zero-order chi connectivity index (χ0) is 13.4. The molecule has 4 N–H and O–H groups in total. The first-order chi connectivity index (χ1) is 8.65. The van der Waals surface area contributed by atoms with Gasteiger partial charge in [0.2, 0.25) is 0 Å². The van der Waals surface area contributed by atoms with Crippen molar-refractivity contribution < 1.29 is 15.1 Å². The van der Waals surface area contributed by atoms with E-state index >= 15 is 0 Å². The molecular formula is C12H18N2O3S. The highest BCUT2D eigenvalue weighted by Gasteiger charge is 2.07. The fourth-order valence-corrected chi connectivity index (χ4v) is 2.31. The van der Waals surface area contributed by atoms with E-state index in [2.05, 4.69) is 5.16 Å². The molecule has 0 spiro atoms. The van der Waals surface area contributed by atoms with Crippen LogP contribution in [0.3, 0.4) is 0 Å². The van der Waals surface area contributed by atoms with E-state index in [-0.39, 0.29) is 12.3 Å². The van der Waals surface area contributed by atoms with Crippen LogP contribution in [0, 0.1) is 0 Å². The van der Waals surface area contributed by atoms with Crippen LogP contribution in [0.5, 0.6) is 5.75 Å². The molecule has 0 fully saturated rings. The number of rotatable bonds is 7. The molecule has 1 aromatic rings. The van der Waals surface area contributed by atoms with E-state index in [0.29, 0.717) is 5.75 Å². The van der Waals surface area contributed by atoms with Crippen molar-refractivity contribution in [1.82, 2.24) is 0 Å². The second kappa shape index (κ2) is 7.84. The fourth-order valence-electron chi connectivity index (χ4n) is 1.38. The Labute approximate surface area is 111 Å². The van der Waals surface area contributed by atoms with Crippen molar-refractivity contribution in [3.8, 4) is 5.75 Å². The van der Waals surface area contributed by atoms with Crippen LogP contribution in [0.2, 0.25) is 0 Å². The summed E-state index contributed by atoms with van der Waals surface area (Å²) in [6.45, 7) is 0. The molecule has 0 heterocycles. The molecule has 0 aliphatic carbocycles. The maximum atomic E-state index is 9.60. The molecule has 0 bridgehead atoms. The molecule has 0 saturated carbocycles. The van der Waals surface area contributed by atoms with Gasteiger partial charge in [0.05, 0.1) is 13.2 Å². The second-order valence-electron chi connectivity index (χ2n) is 3.81. The molecule has 0 amide bonds. The van der Waals surface area contributed by atoms with Gasteiger partial charge in [-0.2, -0.15) is 11.8 Å². The number of amidine groups is 1. The molecule has 6 heteroatoms. The number of thioether (sulfide) groups is 1. The molecule has 1 unspecified atom stereocenters. The van der Waals surface area contributed by atoms with Crippen LogP contribution in [-0.4, -0.2) is 35.1 Å². The highest BCUT2D eigenvalue weighted by Crippen LogP contribution is 2.17. The fraction of sp³-hybridized carbons (Fsp3) is 0.417. The number of ether oxygens (including phenoxy) is 1. The van der Waals surface area contributed by atoms with Gasteiger partial charge < -0.3 is 20.8 Å². The second-order valence-corrected chi connectivity index (χ2v) is 4.84. The Balaban J connectivity index is 2.28. The van der Waals surface area contributed by atoms with Crippen molar-refractivity contribution in [2.24, 2.45) is 10.9 Å². The first-order valence-electron chi connectivity index (χ1n) is 5.51. The van der Waals surface area contributed by atoms with Gasteiger partial charge in [-0.25, -0.2) is 0 Å². The van der Waals surface area contributed by atoms with Gasteiger partial charge >= 0.3 is 0 Å².